The molecule has 0 aromatic heterocycles. The summed E-state index contributed by atoms with van der Waals surface area (Å²) >= 11 is 0. The van der Waals surface area contributed by atoms with Crippen LogP contribution in [-0.4, -0.2) is 12.6 Å². The molecule has 1 saturated carbocycles. The van der Waals surface area contributed by atoms with Gasteiger partial charge in [-0.3, -0.25) is 0 Å². The first-order valence-electron chi connectivity index (χ1n) is 7.81. The van der Waals surface area contributed by atoms with Gasteiger partial charge in [-0.1, -0.05) is 31.9 Å². The highest BCUT2D eigenvalue weighted by Crippen LogP contribution is 2.34. The third kappa shape index (κ3) is 3.57. The van der Waals surface area contributed by atoms with E-state index < -0.39 is 11.6 Å². The zero-order valence-electron chi connectivity index (χ0n) is 12.5. The lowest BCUT2D eigenvalue weighted by Crippen LogP contribution is -2.30. The van der Waals surface area contributed by atoms with Gasteiger partial charge in [0.1, 0.15) is 0 Å². The number of benzene rings is 1. The third-order valence-electron chi connectivity index (χ3n) is 4.35. The van der Waals surface area contributed by atoms with Gasteiger partial charge in [-0.05, 0) is 56.2 Å². The Labute approximate surface area is 120 Å². The average molecular weight is 281 g/mol. The van der Waals surface area contributed by atoms with Crippen molar-refractivity contribution < 1.29 is 8.78 Å². The summed E-state index contributed by atoms with van der Waals surface area (Å²) in [5.74, 6) is -1.17. The van der Waals surface area contributed by atoms with Gasteiger partial charge < -0.3 is 5.32 Å². The summed E-state index contributed by atoms with van der Waals surface area (Å²) in [5, 5.41) is 3.54. The van der Waals surface area contributed by atoms with Crippen LogP contribution < -0.4 is 5.32 Å². The van der Waals surface area contributed by atoms with E-state index in [0.717, 1.165) is 38.6 Å². The van der Waals surface area contributed by atoms with Crippen molar-refractivity contribution in [1.29, 1.82) is 0 Å². The summed E-state index contributed by atoms with van der Waals surface area (Å²) in [6, 6.07) is 3.92. The fourth-order valence-electron chi connectivity index (χ4n) is 3.15. The Hall–Kier alpha value is -0.960. The quantitative estimate of drug-likeness (QED) is 0.790. The Bertz CT molecular complexity index is 445. The van der Waals surface area contributed by atoms with Crippen molar-refractivity contribution in [1.82, 2.24) is 5.32 Å². The monoisotopic (exact) mass is 281 g/mol. The van der Waals surface area contributed by atoms with Crippen LogP contribution in [0.25, 0.3) is 0 Å². The van der Waals surface area contributed by atoms with Gasteiger partial charge in [0.2, 0.25) is 0 Å². The second-order valence-corrected chi connectivity index (χ2v) is 5.97. The van der Waals surface area contributed by atoms with Crippen molar-refractivity contribution in [3.63, 3.8) is 0 Å². The van der Waals surface area contributed by atoms with Crippen molar-refractivity contribution >= 4 is 0 Å². The van der Waals surface area contributed by atoms with Gasteiger partial charge in [-0.15, -0.1) is 0 Å². The largest absolute Gasteiger partial charge is 0.314 e. The second kappa shape index (κ2) is 7.16. The Balaban J connectivity index is 2.15. The minimum absolute atomic E-state index is 0.141. The van der Waals surface area contributed by atoms with E-state index in [1.807, 2.05) is 0 Å². The molecule has 1 aliphatic carbocycles. The lowest BCUT2D eigenvalue weighted by molar-refractivity contribution is 0.424. The van der Waals surface area contributed by atoms with E-state index in [2.05, 4.69) is 12.2 Å². The smallest absolute Gasteiger partial charge is 0.162 e. The summed E-state index contributed by atoms with van der Waals surface area (Å²) in [6.45, 7) is 4.76. The summed E-state index contributed by atoms with van der Waals surface area (Å²) in [7, 11) is 0. The van der Waals surface area contributed by atoms with Gasteiger partial charge in [-0.25, -0.2) is 8.78 Å². The maximum atomic E-state index is 14.2. The zero-order valence-corrected chi connectivity index (χ0v) is 12.5. The van der Waals surface area contributed by atoms with E-state index in [-0.39, 0.29) is 5.92 Å². The molecule has 20 heavy (non-hydrogen) atoms. The highest BCUT2D eigenvalue weighted by molar-refractivity contribution is 5.28. The van der Waals surface area contributed by atoms with Crippen LogP contribution in [0.2, 0.25) is 0 Å². The lowest BCUT2D eigenvalue weighted by Gasteiger charge is -2.22. The standard InChI is InChI=1S/C17H25F2N/c1-3-10-20-14-7-5-4-6-13(11-14)15-9-8-12(2)16(18)17(15)19/h8-9,13-14,20H,3-7,10-11H2,1-2H3. The van der Waals surface area contributed by atoms with E-state index in [9.17, 15) is 8.78 Å². The highest BCUT2D eigenvalue weighted by atomic mass is 19.2. The predicted molar refractivity (Wildman–Crippen MR) is 79.0 cm³/mol. The number of nitrogens with one attached hydrogen (secondary N) is 1. The van der Waals surface area contributed by atoms with Crippen LogP contribution in [0.1, 0.15) is 62.5 Å². The first kappa shape index (κ1) is 15.4. The van der Waals surface area contributed by atoms with Crippen molar-refractivity contribution in [3.8, 4) is 0 Å². The SMILES string of the molecule is CCCNC1CCCCC(c2ccc(C)c(F)c2F)C1. The number of aryl methyl sites for hydroxylation is 1. The maximum absolute atomic E-state index is 14.2. The molecule has 0 radical (unpaired) electrons. The normalized spacial score (nSPS) is 23.6. The van der Waals surface area contributed by atoms with Gasteiger partial charge in [0.25, 0.3) is 0 Å². The van der Waals surface area contributed by atoms with Crippen LogP contribution in [0.5, 0.6) is 0 Å². The molecular formula is C17H25F2N. The molecular weight excluding hydrogens is 256 g/mol. The van der Waals surface area contributed by atoms with Crippen LogP contribution in [0.3, 0.4) is 0 Å². The van der Waals surface area contributed by atoms with Gasteiger partial charge in [0.05, 0.1) is 0 Å². The lowest BCUT2D eigenvalue weighted by atomic mass is 9.89. The molecule has 1 nitrogen and oxygen atoms in total. The fourth-order valence-corrected chi connectivity index (χ4v) is 3.15. The van der Waals surface area contributed by atoms with Crippen LogP contribution in [-0.2, 0) is 0 Å². The van der Waals surface area contributed by atoms with Crippen molar-refractivity contribution in [3.05, 3.63) is 34.9 Å². The molecule has 1 fully saturated rings. The number of hydrogen-bond acceptors (Lipinski definition) is 1. The summed E-state index contributed by atoms with van der Waals surface area (Å²) in [4.78, 5) is 0. The molecule has 2 rings (SSSR count). The molecule has 1 N–H and O–H groups in total. The molecule has 1 aliphatic rings. The van der Waals surface area contributed by atoms with Crippen molar-refractivity contribution in [2.45, 2.75) is 64.3 Å². The van der Waals surface area contributed by atoms with Gasteiger partial charge >= 0.3 is 0 Å². The Morgan fingerprint density at radius 2 is 1.90 bits per heavy atom. The molecule has 112 valence electrons. The van der Waals surface area contributed by atoms with Gasteiger partial charge in [-0.2, -0.15) is 0 Å². The topological polar surface area (TPSA) is 12.0 Å². The molecule has 0 amide bonds. The predicted octanol–water partition coefficient (Wildman–Crippen LogP) is 4.69. The van der Waals surface area contributed by atoms with Crippen LogP contribution in [0.15, 0.2) is 12.1 Å². The minimum atomic E-state index is -0.676. The van der Waals surface area contributed by atoms with Crippen LogP contribution in [0.4, 0.5) is 8.78 Å². The van der Waals surface area contributed by atoms with E-state index >= 15 is 0 Å². The maximum Gasteiger partial charge on any atom is 0.162 e. The Morgan fingerprint density at radius 1 is 1.15 bits per heavy atom. The van der Waals surface area contributed by atoms with E-state index in [0.29, 0.717) is 17.2 Å². The summed E-state index contributed by atoms with van der Waals surface area (Å²) < 4.78 is 27.9. The molecule has 0 aliphatic heterocycles. The average Bonchev–Trinajstić information content (AvgIpc) is 2.68. The first-order valence-corrected chi connectivity index (χ1v) is 7.81. The zero-order chi connectivity index (χ0) is 14.5. The van der Waals surface area contributed by atoms with E-state index in [4.69, 9.17) is 0 Å². The van der Waals surface area contributed by atoms with E-state index in [1.54, 1.807) is 19.1 Å². The third-order valence-corrected chi connectivity index (χ3v) is 4.35. The fraction of sp³-hybridized carbons (Fsp3) is 0.647. The van der Waals surface area contributed by atoms with Crippen LogP contribution in [0, 0.1) is 18.6 Å². The Morgan fingerprint density at radius 3 is 2.65 bits per heavy atom. The molecule has 3 heteroatoms. The highest BCUT2D eigenvalue weighted by Gasteiger charge is 2.24. The van der Waals surface area contributed by atoms with Crippen LogP contribution >= 0.6 is 0 Å². The van der Waals surface area contributed by atoms with E-state index in [1.165, 1.54) is 6.42 Å². The molecule has 0 heterocycles. The molecule has 0 spiro atoms. The number of rotatable bonds is 4. The molecule has 1 aromatic rings. The summed E-state index contributed by atoms with van der Waals surface area (Å²) in [5.41, 5.74) is 0.957. The molecule has 1 aromatic carbocycles. The van der Waals surface area contributed by atoms with Gasteiger partial charge in [0, 0.05) is 6.04 Å². The van der Waals surface area contributed by atoms with Gasteiger partial charge in [0.15, 0.2) is 11.6 Å². The minimum Gasteiger partial charge on any atom is -0.314 e. The number of hydrogen-bond donors (Lipinski definition) is 1. The molecule has 0 bridgehead atoms. The van der Waals surface area contributed by atoms with Crippen molar-refractivity contribution in [2.75, 3.05) is 6.54 Å². The molecule has 0 saturated heterocycles. The summed E-state index contributed by atoms with van der Waals surface area (Å²) in [6.07, 6.45) is 6.40. The molecule has 2 unspecified atom stereocenters. The second-order valence-electron chi connectivity index (χ2n) is 5.97. The number of halogens is 2. The Kier molecular flexibility index (Phi) is 5.53. The first-order chi connectivity index (χ1) is 9.63. The molecule has 2 atom stereocenters. The van der Waals surface area contributed by atoms with Crippen molar-refractivity contribution in [2.24, 2.45) is 0 Å².